The fourth-order valence-electron chi connectivity index (χ4n) is 3.57. The molecule has 4 rings (SSSR count). The molecule has 0 saturated carbocycles. The molecule has 3 aromatic rings. The molecule has 132 valence electrons. The Morgan fingerprint density at radius 1 is 1.12 bits per heavy atom. The molecule has 3 heterocycles. The van der Waals surface area contributed by atoms with E-state index in [1.165, 1.54) is 11.8 Å². The van der Waals surface area contributed by atoms with E-state index in [0.29, 0.717) is 23.7 Å². The average molecular weight is 367 g/mol. The molecule has 5 nitrogen and oxygen atoms in total. The molecule has 2 aromatic heterocycles. The first-order valence-corrected chi connectivity index (χ1v) is 9.02. The highest BCUT2D eigenvalue weighted by molar-refractivity contribution is 6.33. The second-order valence-electron chi connectivity index (χ2n) is 6.41. The molecule has 1 aliphatic heterocycles. The molecule has 0 saturated heterocycles. The minimum Gasteiger partial charge on any atom is -0.338 e. The second-order valence-corrected chi connectivity index (χ2v) is 6.82. The van der Waals surface area contributed by atoms with Gasteiger partial charge < -0.3 is 4.90 Å². The number of carbonyl (C=O) groups is 1. The van der Waals surface area contributed by atoms with Crippen molar-refractivity contribution in [2.45, 2.75) is 12.8 Å². The van der Waals surface area contributed by atoms with Crippen LogP contribution in [0.1, 0.15) is 21.6 Å². The number of aryl methyl sites for hydroxylation is 1. The molecule has 1 aliphatic rings. The number of nitrogens with zero attached hydrogens (tertiary/aromatic N) is 4. The third kappa shape index (κ3) is 2.99. The van der Waals surface area contributed by atoms with Gasteiger partial charge in [0.25, 0.3) is 5.91 Å². The van der Waals surface area contributed by atoms with Crippen LogP contribution in [0.25, 0.3) is 11.3 Å². The van der Waals surface area contributed by atoms with Crippen molar-refractivity contribution in [2.24, 2.45) is 7.05 Å². The Kier molecular flexibility index (Phi) is 4.47. The number of rotatable bonds is 2. The van der Waals surface area contributed by atoms with Crippen molar-refractivity contribution in [1.82, 2.24) is 19.7 Å². The smallest absolute Gasteiger partial charge is 0.255 e. The van der Waals surface area contributed by atoms with Crippen LogP contribution in [0.4, 0.5) is 0 Å². The third-order valence-corrected chi connectivity index (χ3v) is 5.12. The van der Waals surface area contributed by atoms with Crippen molar-refractivity contribution < 1.29 is 4.79 Å². The first-order chi connectivity index (χ1) is 12.6. The van der Waals surface area contributed by atoms with E-state index in [0.717, 1.165) is 29.8 Å². The van der Waals surface area contributed by atoms with E-state index in [1.807, 2.05) is 34.8 Å². The summed E-state index contributed by atoms with van der Waals surface area (Å²) < 4.78 is 1.96. The van der Waals surface area contributed by atoms with E-state index < -0.39 is 0 Å². The minimum absolute atomic E-state index is 0.0480. The lowest BCUT2D eigenvalue weighted by molar-refractivity contribution is 0.0763. The van der Waals surface area contributed by atoms with Gasteiger partial charge in [-0.3, -0.25) is 14.5 Å². The molecular formula is C20H19ClN4O. The molecule has 1 aromatic carbocycles. The number of amides is 1. The molecule has 0 unspecified atom stereocenters. The summed E-state index contributed by atoms with van der Waals surface area (Å²) in [7, 11) is 1.98. The number of halogens is 1. The van der Waals surface area contributed by atoms with Crippen molar-refractivity contribution in [2.75, 3.05) is 13.1 Å². The lowest BCUT2D eigenvalue weighted by Gasteiger charge is -2.21. The highest BCUT2D eigenvalue weighted by Gasteiger charge is 2.25. The molecule has 0 fully saturated rings. The van der Waals surface area contributed by atoms with Crippen LogP contribution in [-0.2, 0) is 19.9 Å². The maximum absolute atomic E-state index is 12.9. The summed E-state index contributed by atoms with van der Waals surface area (Å²) in [6.07, 6.45) is 4.63. The lowest BCUT2D eigenvalue weighted by Crippen LogP contribution is -2.33. The van der Waals surface area contributed by atoms with E-state index in [-0.39, 0.29) is 5.91 Å². The summed E-state index contributed by atoms with van der Waals surface area (Å²) in [6, 6.07) is 12.0. The van der Waals surface area contributed by atoms with Crippen molar-refractivity contribution >= 4 is 17.5 Å². The van der Waals surface area contributed by atoms with Gasteiger partial charge in [0.2, 0.25) is 0 Å². The number of benzene rings is 1. The zero-order valence-corrected chi connectivity index (χ0v) is 15.3. The third-order valence-electron chi connectivity index (χ3n) is 4.82. The Morgan fingerprint density at radius 3 is 2.65 bits per heavy atom. The Hall–Kier alpha value is -2.66. The molecule has 0 spiro atoms. The first kappa shape index (κ1) is 16.8. The van der Waals surface area contributed by atoms with Crippen LogP contribution in [0, 0.1) is 0 Å². The van der Waals surface area contributed by atoms with Crippen LogP contribution in [0.2, 0.25) is 5.02 Å². The van der Waals surface area contributed by atoms with Crippen molar-refractivity contribution in [1.29, 1.82) is 0 Å². The summed E-state index contributed by atoms with van der Waals surface area (Å²) in [6.45, 7) is 1.28. The van der Waals surface area contributed by atoms with Gasteiger partial charge in [0.05, 0.1) is 22.0 Å². The zero-order valence-electron chi connectivity index (χ0n) is 14.5. The number of aromatic nitrogens is 3. The highest BCUT2D eigenvalue weighted by Crippen LogP contribution is 2.29. The molecule has 26 heavy (non-hydrogen) atoms. The molecular weight excluding hydrogens is 348 g/mol. The van der Waals surface area contributed by atoms with E-state index >= 15 is 0 Å². The molecule has 0 radical (unpaired) electrons. The van der Waals surface area contributed by atoms with Gasteiger partial charge in [0.1, 0.15) is 0 Å². The zero-order chi connectivity index (χ0) is 18.1. The van der Waals surface area contributed by atoms with Crippen LogP contribution >= 0.6 is 11.6 Å². The van der Waals surface area contributed by atoms with Gasteiger partial charge in [-0.2, -0.15) is 5.10 Å². The van der Waals surface area contributed by atoms with Crippen LogP contribution in [0.3, 0.4) is 0 Å². The highest BCUT2D eigenvalue weighted by atomic mass is 35.5. The van der Waals surface area contributed by atoms with Crippen LogP contribution in [0.5, 0.6) is 0 Å². The standard InChI is InChI=1S/C20H19ClN4O/c1-24-19(14-5-3-2-4-6-14)16-8-11-25(12-9-18(16)23-24)20(26)15-7-10-22-13-17(15)21/h2-7,10,13H,8-9,11-12H2,1H3. The normalized spacial score (nSPS) is 14.0. The summed E-state index contributed by atoms with van der Waals surface area (Å²) in [5.41, 5.74) is 5.10. The maximum Gasteiger partial charge on any atom is 0.255 e. The lowest BCUT2D eigenvalue weighted by atomic mass is 10.0. The quantitative estimate of drug-likeness (QED) is 0.698. The fourth-order valence-corrected chi connectivity index (χ4v) is 3.77. The number of carbonyl (C=O) groups excluding carboxylic acids is 1. The topological polar surface area (TPSA) is 51.0 Å². The maximum atomic E-state index is 12.9. The monoisotopic (exact) mass is 366 g/mol. The van der Waals surface area contributed by atoms with Crippen LogP contribution in [-0.4, -0.2) is 38.7 Å². The number of hydrogen-bond acceptors (Lipinski definition) is 3. The average Bonchev–Trinajstić information content (AvgIpc) is 2.83. The largest absolute Gasteiger partial charge is 0.338 e. The van der Waals surface area contributed by atoms with Crippen molar-refractivity contribution in [3.05, 3.63) is 70.6 Å². The first-order valence-electron chi connectivity index (χ1n) is 8.64. The Balaban J connectivity index is 1.62. The van der Waals surface area contributed by atoms with E-state index in [1.54, 1.807) is 12.3 Å². The van der Waals surface area contributed by atoms with Crippen LogP contribution in [0.15, 0.2) is 48.8 Å². The van der Waals surface area contributed by atoms with Gasteiger partial charge in [-0.15, -0.1) is 0 Å². The summed E-state index contributed by atoms with van der Waals surface area (Å²) in [5.74, 6) is -0.0480. The molecule has 0 N–H and O–H groups in total. The SMILES string of the molecule is Cn1nc2c(c1-c1ccccc1)CCN(C(=O)c1ccncc1Cl)CC2. The molecule has 0 bridgehead atoms. The molecule has 6 heteroatoms. The minimum atomic E-state index is -0.0480. The van der Waals surface area contributed by atoms with Crippen molar-refractivity contribution in [3.63, 3.8) is 0 Å². The Morgan fingerprint density at radius 2 is 1.88 bits per heavy atom. The van der Waals surface area contributed by atoms with Gasteiger partial charge >= 0.3 is 0 Å². The molecule has 0 atom stereocenters. The number of fused-ring (bicyclic) bond motifs is 1. The van der Waals surface area contributed by atoms with Gasteiger partial charge in [-0.25, -0.2) is 0 Å². The number of pyridine rings is 1. The predicted octanol–water partition coefficient (Wildman–Crippen LogP) is 3.38. The van der Waals surface area contributed by atoms with Gasteiger partial charge in [-0.1, -0.05) is 41.9 Å². The van der Waals surface area contributed by atoms with Crippen LogP contribution < -0.4 is 0 Å². The van der Waals surface area contributed by atoms with E-state index in [9.17, 15) is 4.79 Å². The van der Waals surface area contributed by atoms with Gasteiger partial charge in [0.15, 0.2) is 0 Å². The second kappa shape index (κ2) is 6.92. The van der Waals surface area contributed by atoms with Crippen molar-refractivity contribution in [3.8, 4) is 11.3 Å². The van der Waals surface area contributed by atoms with E-state index in [2.05, 4.69) is 17.1 Å². The van der Waals surface area contributed by atoms with E-state index in [4.69, 9.17) is 16.7 Å². The predicted molar refractivity (Wildman–Crippen MR) is 101 cm³/mol. The number of hydrogen-bond donors (Lipinski definition) is 0. The Bertz CT molecular complexity index is 952. The van der Waals surface area contributed by atoms with Gasteiger partial charge in [-0.05, 0) is 12.5 Å². The summed E-state index contributed by atoms with van der Waals surface area (Å²) in [5, 5.41) is 5.11. The summed E-state index contributed by atoms with van der Waals surface area (Å²) in [4.78, 5) is 18.7. The fraction of sp³-hybridized carbons (Fsp3) is 0.250. The van der Waals surface area contributed by atoms with Gasteiger partial charge in [0, 0.05) is 50.1 Å². The summed E-state index contributed by atoms with van der Waals surface area (Å²) >= 11 is 6.15. The Labute approximate surface area is 157 Å². The molecule has 0 aliphatic carbocycles. The molecule has 1 amide bonds.